The minimum atomic E-state index is 0.301. The quantitative estimate of drug-likeness (QED) is 0.819. The Morgan fingerprint density at radius 2 is 1.94 bits per heavy atom. The van der Waals surface area contributed by atoms with Gasteiger partial charge in [0.25, 0.3) is 0 Å². The third-order valence-electron chi connectivity index (χ3n) is 2.34. The van der Waals surface area contributed by atoms with Gasteiger partial charge in [-0.1, -0.05) is 12.1 Å². The van der Waals surface area contributed by atoms with E-state index >= 15 is 0 Å². The van der Waals surface area contributed by atoms with Gasteiger partial charge in [-0.05, 0) is 29.8 Å². The van der Waals surface area contributed by atoms with Crippen molar-refractivity contribution in [2.24, 2.45) is 0 Å². The molecule has 0 aliphatic heterocycles. The van der Waals surface area contributed by atoms with Crippen molar-refractivity contribution in [3.8, 4) is 17.9 Å². The van der Waals surface area contributed by atoms with E-state index < -0.39 is 0 Å². The summed E-state index contributed by atoms with van der Waals surface area (Å²) in [4.78, 5) is 3.88. The van der Waals surface area contributed by atoms with Crippen molar-refractivity contribution < 1.29 is 4.74 Å². The van der Waals surface area contributed by atoms with Crippen molar-refractivity contribution in [1.82, 2.24) is 4.98 Å². The number of pyridine rings is 1. The van der Waals surface area contributed by atoms with Crippen LogP contribution in [0.5, 0.6) is 5.75 Å². The molecule has 0 aliphatic rings. The summed E-state index contributed by atoms with van der Waals surface area (Å²) in [5.74, 6) is 0.537. The lowest BCUT2D eigenvalue weighted by Crippen LogP contribution is -1.98. The van der Waals surface area contributed by atoms with Gasteiger partial charge in [-0.2, -0.15) is 10.5 Å². The second kappa shape index (κ2) is 5.47. The molecule has 0 radical (unpaired) electrons. The van der Waals surface area contributed by atoms with Crippen molar-refractivity contribution in [2.75, 3.05) is 0 Å². The number of nitrogens with zero attached hydrogens (tertiary/aromatic N) is 3. The molecular formula is C14H9N3O. The molecular weight excluding hydrogens is 226 g/mol. The van der Waals surface area contributed by atoms with Crippen molar-refractivity contribution in [1.29, 1.82) is 10.5 Å². The largest absolute Gasteiger partial charge is 0.488 e. The summed E-state index contributed by atoms with van der Waals surface area (Å²) in [6.07, 6.45) is 1.56. The summed E-state index contributed by atoms with van der Waals surface area (Å²) in [7, 11) is 0. The Balaban J connectivity index is 2.12. The number of hydrogen-bond acceptors (Lipinski definition) is 4. The molecule has 0 aliphatic carbocycles. The molecule has 18 heavy (non-hydrogen) atoms. The van der Waals surface area contributed by atoms with E-state index in [9.17, 15) is 0 Å². The van der Waals surface area contributed by atoms with Crippen LogP contribution in [0.15, 0.2) is 42.6 Å². The van der Waals surface area contributed by atoms with Gasteiger partial charge in [0.05, 0.1) is 5.56 Å². The molecule has 0 N–H and O–H groups in total. The highest BCUT2D eigenvalue weighted by Gasteiger charge is 2.02. The predicted octanol–water partition coefficient (Wildman–Crippen LogP) is 2.40. The number of aromatic nitrogens is 1. The smallest absolute Gasteiger partial charge is 0.140 e. The first-order valence-electron chi connectivity index (χ1n) is 5.30. The topological polar surface area (TPSA) is 69.7 Å². The van der Waals surface area contributed by atoms with E-state index in [1.807, 2.05) is 12.1 Å². The fraction of sp³-hybridized carbons (Fsp3) is 0.0714. The standard InChI is InChI=1S/C14H9N3O/c15-8-12-3-1-2-4-14(12)18-10-11-5-6-17-13(7-11)9-16/h1-7H,10H2. The molecule has 2 aromatic rings. The van der Waals surface area contributed by atoms with Gasteiger partial charge in [-0.15, -0.1) is 0 Å². The van der Waals surface area contributed by atoms with Crippen LogP contribution in [0.4, 0.5) is 0 Å². The lowest BCUT2D eigenvalue weighted by Gasteiger charge is -2.07. The minimum absolute atomic E-state index is 0.301. The molecule has 86 valence electrons. The van der Waals surface area contributed by atoms with Crippen LogP contribution in [0.3, 0.4) is 0 Å². The number of hydrogen-bond donors (Lipinski definition) is 0. The maximum Gasteiger partial charge on any atom is 0.140 e. The van der Waals surface area contributed by atoms with Crippen molar-refractivity contribution in [2.45, 2.75) is 6.61 Å². The Morgan fingerprint density at radius 3 is 2.72 bits per heavy atom. The van der Waals surface area contributed by atoms with Crippen LogP contribution in [0, 0.1) is 22.7 Å². The summed E-state index contributed by atoms with van der Waals surface area (Å²) in [5.41, 5.74) is 1.69. The summed E-state index contributed by atoms with van der Waals surface area (Å²) >= 11 is 0. The molecule has 4 nitrogen and oxygen atoms in total. The number of ether oxygens (including phenoxy) is 1. The van der Waals surface area contributed by atoms with Crippen molar-refractivity contribution in [3.05, 3.63) is 59.4 Å². The highest BCUT2D eigenvalue weighted by atomic mass is 16.5. The van der Waals surface area contributed by atoms with E-state index in [0.29, 0.717) is 23.6 Å². The minimum Gasteiger partial charge on any atom is -0.488 e. The molecule has 0 bridgehead atoms. The van der Waals surface area contributed by atoms with E-state index in [2.05, 4.69) is 11.1 Å². The highest BCUT2D eigenvalue weighted by molar-refractivity contribution is 5.42. The van der Waals surface area contributed by atoms with Crippen LogP contribution >= 0.6 is 0 Å². The number of para-hydroxylation sites is 1. The Morgan fingerprint density at radius 1 is 1.11 bits per heavy atom. The van der Waals surface area contributed by atoms with E-state index in [0.717, 1.165) is 5.56 Å². The van der Waals surface area contributed by atoms with Crippen molar-refractivity contribution >= 4 is 0 Å². The van der Waals surface area contributed by atoms with Crippen LogP contribution in [0.2, 0.25) is 0 Å². The summed E-state index contributed by atoms with van der Waals surface area (Å²) in [6, 6.07) is 14.5. The fourth-order valence-electron chi connectivity index (χ4n) is 1.47. The van der Waals surface area contributed by atoms with Gasteiger partial charge >= 0.3 is 0 Å². The van der Waals surface area contributed by atoms with Crippen LogP contribution < -0.4 is 4.74 Å². The molecule has 1 aromatic heterocycles. The van der Waals surface area contributed by atoms with Crippen LogP contribution in [-0.4, -0.2) is 4.98 Å². The average molecular weight is 235 g/mol. The maximum absolute atomic E-state index is 8.91. The molecule has 2 rings (SSSR count). The van der Waals surface area contributed by atoms with E-state index in [4.69, 9.17) is 15.3 Å². The predicted molar refractivity (Wildman–Crippen MR) is 64.4 cm³/mol. The first-order chi connectivity index (χ1) is 8.83. The monoisotopic (exact) mass is 235 g/mol. The average Bonchev–Trinajstić information content (AvgIpc) is 2.45. The first-order valence-corrected chi connectivity index (χ1v) is 5.30. The Labute approximate surface area is 105 Å². The van der Waals surface area contributed by atoms with Gasteiger partial charge in [0.1, 0.15) is 30.2 Å². The second-order valence-corrected chi connectivity index (χ2v) is 3.56. The Kier molecular flexibility index (Phi) is 3.53. The van der Waals surface area contributed by atoms with E-state index in [1.54, 1.807) is 36.5 Å². The van der Waals surface area contributed by atoms with Gasteiger partial charge in [-0.3, -0.25) is 0 Å². The van der Waals surface area contributed by atoms with Crippen LogP contribution in [0.1, 0.15) is 16.8 Å². The summed E-state index contributed by atoms with van der Waals surface area (Å²) in [5, 5.41) is 17.6. The van der Waals surface area contributed by atoms with Crippen molar-refractivity contribution in [3.63, 3.8) is 0 Å². The van der Waals surface area contributed by atoms with Gasteiger partial charge in [-0.25, -0.2) is 4.98 Å². The van der Waals surface area contributed by atoms with E-state index in [1.165, 1.54) is 0 Å². The van der Waals surface area contributed by atoms with Gasteiger partial charge < -0.3 is 4.74 Å². The number of benzene rings is 1. The lowest BCUT2D eigenvalue weighted by atomic mass is 10.2. The second-order valence-electron chi connectivity index (χ2n) is 3.56. The third-order valence-corrected chi connectivity index (χ3v) is 2.34. The normalized spacial score (nSPS) is 9.22. The molecule has 0 unspecified atom stereocenters. The lowest BCUT2D eigenvalue weighted by molar-refractivity contribution is 0.305. The molecule has 0 amide bonds. The molecule has 0 fully saturated rings. The molecule has 0 saturated carbocycles. The third kappa shape index (κ3) is 2.63. The van der Waals surface area contributed by atoms with Gasteiger partial charge in [0.15, 0.2) is 0 Å². The Bertz CT molecular complexity index is 638. The number of nitriles is 2. The van der Waals surface area contributed by atoms with Gasteiger partial charge in [0, 0.05) is 6.20 Å². The van der Waals surface area contributed by atoms with E-state index in [-0.39, 0.29) is 0 Å². The summed E-state index contributed by atoms with van der Waals surface area (Å²) < 4.78 is 5.55. The molecule has 0 spiro atoms. The molecule has 1 aromatic carbocycles. The zero-order valence-corrected chi connectivity index (χ0v) is 9.50. The van der Waals surface area contributed by atoms with Gasteiger partial charge in [0.2, 0.25) is 0 Å². The SMILES string of the molecule is N#Cc1cc(COc2ccccc2C#N)ccn1. The Hall–Kier alpha value is -2.85. The first kappa shape index (κ1) is 11.6. The highest BCUT2D eigenvalue weighted by Crippen LogP contribution is 2.18. The zero-order chi connectivity index (χ0) is 12.8. The molecule has 0 atom stereocenters. The molecule has 4 heteroatoms. The molecule has 0 saturated heterocycles. The van der Waals surface area contributed by atoms with Crippen LogP contribution in [0.25, 0.3) is 0 Å². The molecule has 1 heterocycles. The maximum atomic E-state index is 8.91. The zero-order valence-electron chi connectivity index (χ0n) is 9.50. The summed E-state index contributed by atoms with van der Waals surface area (Å²) in [6.45, 7) is 0.301. The number of rotatable bonds is 3. The van der Waals surface area contributed by atoms with Crippen LogP contribution in [-0.2, 0) is 6.61 Å². The fourth-order valence-corrected chi connectivity index (χ4v) is 1.47.